The van der Waals surface area contributed by atoms with Crippen molar-refractivity contribution in [2.24, 2.45) is 0 Å². The van der Waals surface area contributed by atoms with E-state index < -0.39 is 7.32 Å². The van der Waals surface area contributed by atoms with E-state index in [1.54, 1.807) is 0 Å². The van der Waals surface area contributed by atoms with Gasteiger partial charge in [-0.1, -0.05) is 77.6 Å². The number of unbranched alkanes of at least 4 members (excludes halogenated alkanes) is 11. The molecule has 0 aliphatic carbocycles. The number of hydrogen-bond acceptors (Lipinski definition) is 4. The van der Waals surface area contributed by atoms with Crippen LogP contribution in [-0.2, 0) is 9.39 Å². The molecule has 0 fully saturated rings. The zero-order valence-electron chi connectivity index (χ0n) is 13.2. The first-order valence-corrected chi connectivity index (χ1v) is 8.33. The molecule has 0 aromatic heterocycles. The fourth-order valence-corrected chi connectivity index (χ4v) is 2.21. The van der Waals surface area contributed by atoms with E-state index in [9.17, 15) is 0 Å². The molecule has 5 heteroatoms. The topological polar surface area (TPSA) is 58.9 Å². The van der Waals surface area contributed by atoms with Crippen LogP contribution < -0.4 is 0 Å². The average Bonchev–Trinajstić information content (AvgIpc) is 2.43. The van der Waals surface area contributed by atoms with Crippen molar-refractivity contribution in [3.63, 3.8) is 0 Å². The molecule has 0 spiro atoms. The first-order valence-electron chi connectivity index (χ1n) is 8.33. The lowest BCUT2D eigenvalue weighted by Crippen LogP contribution is -2.18. The Morgan fingerprint density at radius 3 is 1.60 bits per heavy atom. The summed E-state index contributed by atoms with van der Waals surface area (Å²) in [6.45, 7) is 2.84. The normalized spacial score (nSPS) is 10.9. The molecule has 0 saturated heterocycles. The summed E-state index contributed by atoms with van der Waals surface area (Å²) < 4.78 is 9.53. The molecule has 0 aromatic carbocycles. The van der Waals surface area contributed by atoms with Gasteiger partial charge in [-0.15, -0.1) is 0 Å². The van der Waals surface area contributed by atoms with Gasteiger partial charge in [-0.3, -0.25) is 0 Å². The molecule has 0 heterocycles. The van der Waals surface area contributed by atoms with Crippen LogP contribution in [0.4, 0.5) is 0 Å². The van der Waals surface area contributed by atoms with E-state index in [2.05, 4.69) is 11.6 Å². The highest BCUT2D eigenvalue weighted by molar-refractivity contribution is 6.32. The average molecular weight is 288 g/mol. The highest BCUT2D eigenvalue weighted by Gasteiger charge is 2.06. The molecule has 0 atom stereocenters. The van der Waals surface area contributed by atoms with Crippen LogP contribution in [0.5, 0.6) is 0 Å². The molecular weight excluding hydrogens is 255 g/mol. The Balaban J connectivity index is 2.92. The summed E-state index contributed by atoms with van der Waals surface area (Å²) in [6.07, 6.45) is 15.9. The summed E-state index contributed by atoms with van der Waals surface area (Å²) in [7, 11) is -1.73. The predicted molar refractivity (Wildman–Crippen MR) is 83.2 cm³/mol. The number of ether oxygens (including phenoxy) is 1. The fraction of sp³-hybridized carbons (Fsp3) is 1.00. The molecule has 0 aliphatic heterocycles. The van der Waals surface area contributed by atoms with E-state index >= 15 is 0 Å². The monoisotopic (exact) mass is 288 g/mol. The molecule has 4 nitrogen and oxygen atoms in total. The second kappa shape index (κ2) is 17.0. The van der Waals surface area contributed by atoms with Gasteiger partial charge in [-0.05, 0) is 6.42 Å². The maximum absolute atomic E-state index is 8.41. The second-order valence-corrected chi connectivity index (χ2v) is 5.41. The van der Waals surface area contributed by atoms with E-state index in [0.717, 1.165) is 6.42 Å². The van der Waals surface area contributed by atoms with Crippen molar-refractivity contribution in [1.29, 1.82) is 0 Å². The van der Waals surface area contributed by atoms with Crippen LogP contribution in [0.2, 0.25) is 0 Å². The van der Waals surface area contributed by atoms with Crippen molar-refractivity contribution >= 4 is 7.32 Å². The third kappa shape index (κ3) is 17.9. The standard InChI is InChI=1S/C15H33BO4/c1-2-3-4-5-6-7-8-9-10-11-12-13-14-19-15-20-16(17)18/h17-18H,2-15H2,1H3. The largest absolute Gasteiger partial charge is 0.635 e. The Labute approximate surface area is 125 Å². The second-order valence-electron chi connectivity index (χ2n) is 5.41. The summed E-state index contributed by atoms with van der Waals surface area (Å²) in [5, 5.41) is 16.8. The SMILES string of the molecule is CCCCCCCCCCCCCCOCOB(O)O. The summed E-state index contributed by atoms with van der Waals surface area (Å²) in [6, 6.07) is 0. The zero-order chi connectivity index (χ0) is 14.9. The summed E-state index contributed by atoms with van der Waals surface area (Å²) in [4.78, 5) is 0. The van der Waals surface area contributed by atoms with Crippen molar-refractivity contribution in [2.45, 2.75) is 84.0 Å². The molecule has 120 valence electrons. The first kappa shape index (κ1) is 19.9. The third-order valence-corrected chi connectivity index (χ3v) is 3.44. The minimum Gasteiger partial charge on any atom is -0.402 e. The van der Waals surface area contributed by atoms with Gasteiger partial charge >= 0.3 is 7.32 Å². The molecule has 0 saturated carbocycles. The van der Waals surface area contributed by atoms with Gasteiger partial charge in [-0.25, -0.2) is 0 Å². The van der Waals surface area contributed by atoms with Crippen molar-refractivity contribution in [3.05, 3.63) is 0 Å². The van der Waals surface area contributed by atoms with Crippen molar-refractivity contribution in [3.8, 4) is 0 Å². The summed E-state index contributed by atoms with van der Waals surface area (Å²) in [5.74, 6) is 0. The molecule has 0 unspecified atom stereocenters. The highest BCUT2D eigenvalue weighted by Crippen LogP contribution is 2.11. The molecule has 0 aliphatic rings. The molecule has 0 aromatic rings. The van der Waals surface area contributed by atoms with Crippen molar-refractivity contribution in [2.75, 3.05) is 13.4 Å². The van der Waals surface area contributed by atoms with E-state index in [-0.39, 0.29) is 6.79 Å². The highest BCUT2D eigenvalue weighted by atomic mass is 16.7. The summed E-state index contributed by atoms with van der Waals surface area (Å²) >= 11 is 0. The lowest BCUT2D eigenvalue weighted by Gasteiger charge is -2.05. The third-order valence-electron chi connectivity index (χ3n) is 3.44. The van der Waals surface area contributed by atoms with Crippen LogP contribution in [0.15, 0.2) is 0 Å². The quantitative estimate of drug-likeness (QED) is 0.258. The van der Waals surface area contributed by atoms with Crippen molar-refractivity contribution in [1.82, 2.24) is 0 Å². The van der Waals surface area contributed by atoms with E-state index in [1.165, 1.54) is 70.6 Å². The van der Waals surface area contributed by atoms with Crippen LogP contribution in [0.1, 0.15) is 84.0 Å². The van der Waals surface area contributed by atoms with Crippen LogP contribution >= 0.6 is 0 Å². The zero-order valence-corrected chi connectivity index (χ0v) is 13.2. The first-order chi connectivity index (χ1) is 9.77. The van der Waals surface area contributed by atoms with Crippen LogP contribution in [0, 0.1) is 0 Å². The molecule has 0 amide bonds. The molecule has 0 radical (unpaired) electrons. The smallest absolute Gasteiger partial charge is 0.402 e. The minimum absolute atomic E-state index is 0.0459. The predicted octanol–water partition coefficient (Wildman–Crippen LogP) is 3.65. The van der Waals surface area contributed by atoms with Gasteiger partial charge in [0.05, 0.1) is 0 Å². The van der Waals surface area contributed by atoms with E-state index in [1.807, 2.05) is 0 Å². The van der Waals surface area contributed by atoms with E-state index in [4.69, 9.17) is 14.8 Å². The Hall–Kier alpha value is -0.0951. The Bertz CT molecular complexity index is 179. The van der Waals surface area contributed by atoms with Gasteiger partial charge < -0.3 is 19.4 Å². The van der Waals surface area contributed by atoms with Gasteiger partial charge in [0.1, 0.15) is 6.79 Å². The molecule has 20 heavy (non-hydrogen) atoms. The number of hydrogen-bond donors (Lipinski definition) is 2. The van der Waals surface area contributed by atoms with Gasteiger partial charge in [0.25, 0.3) is 0 Å². The molecular formula is C15H33BO4. The van der Waals surface area contributed by atoms with Crippen LogP contribution in [-0.4, -0.2) is 30.8 Å². The van der Waals surface area contributed by atoms with E-state index in [0.29, 0.717) is 6.61 Å². The van der Waals surface area contributed by atoms with Gasteiger partial charge in [-0.2, -0.15) is 0 Å². The maximum Gasteiger partial charge on any atom is 0.635 e. The lowest BCUT2D eigenvalue weighted by molar-refractivity contribution is -0.0121. The Morgan fingerprint density at radius 2 is 1.15 bits per heavy atom. The fourth-order valence-electron chi connectivity index (χ4n) is 2.21. The summed E-state index contributed by atoms with van der Waals surface area (Å²) in [5.41, 5.74) is 0. The molecule has 2 N–H and O–H groups in total. The van der Waals surface area contributed by atoms with Crippen LogP contribution in [0.25, 0.3) is 0 Å². The Kier molecular flexibility index (Phi) is 16.9. The Morgan fingerprint density at radius 1 is 0.700 bits per heavy atom. The molecule has 0 bridgehead atoms. The van der Waals surface area contributed by atoms with Crippen molar-refractivity contribution < 1.29 is 19.4 Å². The van der Waals surface area contributed by atoms with Gasteiger partial charge in [0, 0.05) is 6.61 Å². The van der Waals surface area contributed by atoms with Gasteiger partial charge in [0.15, 0.2) is 0 Å². The lowest BCUT2D eigenvalue weighted by atomic mass is 10.1. The van der Waals surface area contributed by atoms with Gasteiger partial charge in [0.2, 0.25) is 0 Å². The maximum atomic E-state index is 8.41. The van der Waals surface area contributed by atoms with Crippen LogP contribution in [0.3, 0.4) is 0 Å². The number of rotatable bonds is 16. The molecule has 0 rings (SSSR count). The minimum atomic E-state index is -1.73.